The zero-order chi connectivity index (χ0) is 19.2. The minimum absolute atomic E-state index is 0.247. The molecule has 0 aliphatic carbocycles. The molecule has 138 valence electrons. The van der Waals surface area contributed by atoms with Crippen LogP contribution in [0.5, 0.6) is 0 Å². The van der Waals surface area contributed by atoms with Crippen molar-refractivity contribution in [3.05, 3.63) is 65.5 Å². The van der Waals surface area contributed by atoms with E-state index in [0.717, 1.165) is 24.8 Å². The number of hydrogen-bond acceptors (Lipinski definition) is 3. The van der Waals surface area contributed by atoms with Crippen molar-refractivity contribution < 1.29 is 14.0 Å². The first-order valence-electron chi connectivity index (χ1n) is 8.90. The second-order valence-corrected chi connectivity index (χ2v) is 6.68. The summed E-state index contributed by atoms with van der Waals surface area (Å²) >= 11 is 0. The normalized spacial score (nSPS) is 14.4. The van der Waals surface area contributed by atoms with Gasteiger partial charge in [-0.05, 0) is 55.0 Å². The van der Waals surface area contributed by atoms with Gasteiger partial charge in [0.05, 0.1) is 11.3 Å². The zero-order valence-corrected chi connectivity index (χ0v) is 14.8. The number of carbonyl (C=O) groups is 2. The lowest BCUT2D eigenvalue weighted by Crippen LogP contribution is -2.44. The molecule has 0 spiro atoms. The summed E-state index contributed by atoms with van der Waals surface area (Å²) in [6, 6.07) is 15.0. The number of carbonyl (C=O) groups excluding carboxylic acids is 2. The van der Waals surface area contributed by atoms with Crippen LogP contribution in [-0.4, -0.2) is 29.8 Å². The molecule has 1 aliphatic heterocycles. The van der Waals surface area contributed by atoms with E-state index in [2.05, 4.69) is 5.32 Å². The second-order valence-electron chi connectivity index (χ2n) is 6.68. The SMILES string of the molecule is N#Cc1ccccc1NC(=O)C(=O)N1CCC(Cc2ccc(F)cc2)CC1. The number of nitriles is 1. The van der Waals surface area contributed by atoms with Gasteiger partial charge in [0.1, 0.15) is 11.9 Å². The largest absolute Gasteiger partial charge is 0.334 e. The average Bonchev–Trinajstić information content (AvgIpc) is 2.70. The number of nitrogens with zero attached hydrogens (tertiary/aromatic N) is 2. The molecule has 2 aromatic rings. The fourth-order valence-electron chi connectivity index (χ4n) is 3.30. The van der Waals surface area contributed by atoms with Crippen LogP contribution in [-0.2, 0) is 16.0 Å². The molecule has 1 heterocycles. The smallest absolute Gasteiger partial charge is 0.313 e. The monoisotopic (exact) mass is 365 g/mol. The first-order valence-corrected chi connectivity index (χ1v) is 8.90. The Labute approximate surface area is 157 Å². The van der Waals surface area contributed by atoms with Crippen LogP contribution in [0, 0.1) is 23.1 Å². The molecule has 6 heteroatoms. The molecule has 0 atom stereocenters. The van der Waals surface area contributed by atoms with Crippen LogP contribution in [0.3, 0.4) is 0 Å². The summed E-state index contributed by atoms with van der Waals surface area (Å²) in [5, 5.41) is 11.6. The molecule has 1 N–H and O–H groups in total. The van der Waals surface area contributed by atoms with Crippen LogP contribution >= 0.6 is 0 Å². The Morgan fingerprint density at radius 1 is 1.11 bits per heavy atom. The van der Waals surface area contributed by atoms with Gasteiger partial charge in [-0.25, -0.2) is 4.39 Å². The van der Waals surface area contributed by atoms with Gasteiger partial charge in [0.15, 0.2) is 0 Å². The molecule has 0 radical (unpaired) electrons. The Morgan fingerprint density at radius 2 is 1.78 bits per heavy atom. The average molecular weight is 365 g/mol. The third-order valence-electron chi connectivity index (χ3n) is 4.83. The summed E-state index contributed by atoms with van der Waals surface area (Å²) in [6.45, 7) is 1.02. The standard InChI is InChI=1S/C21H20FN3O2/c22-18-7-5-15(6-8-18)13-16-9-11-25(12-10-16)21(27)20(26)24-19-4-2-1-3-17(19)14-23/h1-8,16H,9-13H2,(H,24,26). The van der Waals surface area contributed by atoms with Gasteiger partial charge in [0.25, 0.3) is 0 Å². The first kappa shape index (κ1) is 18.6. The lowest BCUT2D eigenvalue weighted by molar-refractivity contribution is -0.144. The van der Waals surface area contributed by atoms with Crippen molar-refractivity contribution in [3.63, 3.8) is 0 Å². The van der Waals surface area contributed by atoms with E-state index in [1.54, 1.807) is 41.3 Å². The number of amides is 2. The van der Waals surface area contributed by atoms with Crippen LogP contribution in [0.4, 0.5) is 10.1 Å². The van der Waals surface area contributed by atoms with Crippen molar-refractivity contribution >= 4 is 17.5 Å². The summed E-state index contributed by atoms with van der Waals surface area (Å²) in [4.78, 5) is 26.2. The van der Waals surface area contributed by atoms with Crippen molar-refractivity contribution in [1.82, 2.24) is 4.90 Å². The van der Waals surface area contributed by atoms with Crippen molar-refractivity contribution in [2.45, 2.75) is 19.3 Å². The highest BCUT2D eigenvalue weighted by molar-refractivity contribution is 6.39. The van der Waals surface area contributed by atoms with E-state index in [1.165, 1.54) is 12.1 Å². The number of benzene rings is 2. The Hall–Kier alpha value is -3.20. The van der Waals surface area contributed by atoms with Crippen molar-refractivity contribution in [1.29, 1.82) is 5.26 Å². The number of nitrogens with one attached hydrogen (secondary N) is 1. The summed E-state index contributed by atoms with van der Waals surface area (Å²) < 4.78 is 13.0. The fraction of sp³-hybridized carbons (Fsp3) is 0.286. The van der Waals surface area contributed by atoms with Gasteiger partial charge < -0.3 is 10.2 Å². The maximum atomic E-state index is 13.0. The minimum Gasteiger partial charge on any atom is -0.334 e. The predicted octanol–water partition coefficient (Wildman–Crippen LogP) is 3.12. The highest BCUT2D eigenvalue weighted by atomic mass is 19.1. The number of hydrogen-bond donors (Lipinski definition) is 1. The number of likely N-dealkylation sites (tertiary alicyclic amines) is 1. The lowest BCUT2D eigenvalue weighted by Gasteiger charge is -2.31. The quantitative estimate of drug-likeness (QED) is 0.850. The molecule has 1 aliphatic rings. The van der Waals surface area contributed by atoms with Gasteiger partial charge in [-0.3, -0.25) is 9.59 Å². The third-order valence-corrected chi connectivity index (χ3v) is 4.83. The van der Waals surface area contributed by atoms with E-state index in [4.69, 9.17) is 5.26 Å². The van der Waals surface area contributed by atoms with Crippen LogP contribution in [0.25, 0.3) is 0 Å². The fourth-order valence-corrected chi connectivity index (χ4v) is 3.30. The molecule has 1 fully saturated rings. The molecular formula is C21H20FN3O2. The van der Waals surface area contributed by atoms with Crippen LogP contribution in [0.1, 0.15) is 24.0 Å². The molecule has 0 bridgehead atoms. The van der Waals surface area contributed by atoms with Crippen molar-refractivity contribution in [3.8, 4) is 6.07 Å². The van der Waals surface area contributed by atoms with E-state index in [0.29, 0.717) is 30.3 Å². The molecule has 27 heavy (non-hydrogen) atoms. The molecule has 0 saturated carbocycles. The van der Waals surface area contributed by atoms with E-state index in [-0.39, 0.29) is 5.82 Å². The molecule has 2 aromatic carbocycles. The maximum absolute atomic E-state index is 13.0. The van der Waals surface area contributed by atoms with Gasteiger partial charge in [-0.1, -0.05) is 24.3 Å². The number of anilines is 1. The van der Waals surface area contributed by atoms with Gasteiger partial charge in [-0.2, -0.15) is 5.26 Å². The molecule has 5 nitrogen and oxygen atoms in total. The number of piperidine rings is 1. The summed E-state index contributed by atoms with van der Waals surface area (Å²) in [5.74, 6) is -1.15. The van der Waals surface area contributed by atoms with Crippen molar-refractivity contribution in [2.75, 3.05) is 18.4 Å². The minimum atomic E-state index is -0.727. The topological polar surface area (TPSA) is 73.2 Å². The second kappa shape index (κ2) is 8.45. The molecule has 2 amide bonds. The summed E-state index contributed by atoms with van der Waals surface area (Å²) in [7, 11) is 0. The van der Waals surface area contributed by atoms with Gasteiger partial charge in [0.2, 0.25) is 0 Å². The summed E-state index contributed by atoms with van der Waals surface area (Å²) in [6.07, 6.45) is 2.43. The van der Waals surface area contributed by atoms with E-state index >= 15 is 0 Å². The lowest BCUT2D eigenvalue weighted by atomic mass is 9.90. The molecule has 0 aromatic heterocycles. The number of rotatable bonds is 3. The van der Waals surface area contributed by atoms with Crippen molar-refractivity contribution in [2.24, 2.45) is 5.92 Å². The van der Waals surface area contributed by atoms with E-state index in [1.807, 2.05) is 6.07 Å². The Kier molecular flexibility index (Phi) is 5.82. The Bertz CT molecular complexity index is 866. The van der Waals surface area contributed by atoms with Gasteiger partial charge in [0, 0.05) is 13.1 Å². The molecule has 3 rings (SSSR count). The highest BCUT2D eigenvalue weighted by Gasteiger charge is 2.27. The van der Waals surface area contributed by atoms with E-state index < -0.39 is 11.8 Å². The highest BCUT2D eigenvalue weighted by Crippen LogP contribution is 2.22. The van der Waals surface area contributed by atoms with Gasteiger partial charge in [-0.15, -0.1) is 0 Å². The third kappa shape index (κ3) is 4.70. The van der Waals surface area contributed by atoms with E-state index in [9.17, 15) is 14.0 Å². The van der Waals surface area contributed by atoms with Crippen LogP contribution in [0.2, 0.25) is 0 Å². The number of para-hydroxylation sites is 1. The summed E-state index contributed by atoms with van der Waals surface area (Å²) in [5.41, 5.74) is 1.73. The maximum Gasteiger partial charge on any atom is 0.313 e. The zero-order valence-electron chi connectivity index (χ0n) is 14.8. The molecule has 1 saturated heterocycles. The first-order chi connectivity index (χ1) is 13.1. The Morgan fingerprint density at radius 3 is 2.44 bits per heavy atom. The van der Waals surface area contributed by atoms with Crippen LogP contribution in [0.15, 0.2) is 48.5 Å². The molecular weight excluding hydrogens is 345 g/mol. The predicted molar refractivity (Wildman–Crippen MR) is 99.2 cm³/mol. The number of halogens is 1. The Balaban J connectivity index is 1.52. The van der Waals surface area contributed by atoms with Crippen LogP contribution < -0.4 is 5.32 Å². The molecule has 0 unspecified atom stereocenters. The van der Waals surface area contributed by atoms with Gasteiger partial charge >= 0.3 is 11.8 Å².